The third-order valence-corrected chi connectivity index (χ3v) is 3.53. The van der Waals surface area contributed by atoms with Gasteiger partial charge in [-0.1, -0.05) is 12.8 Å². The fourth-order valence-electron chi connectivity index (χ4n) is 2.90. The molecule has 1 heterocycles. The first-order valence-corrected chi connectivity index (χ1v) is 5.36. The molecule has 1 aliphatic heterocycles. The molecule has 2 rings (SSSR count). The monoisotopic (exact) mass is 178 g/mol. The average Bonchev–Trinajstić information content (AvgIpc) is 2.52. The molecule has 2 heteroatoms. The highest BCUT2D eigenvalue weighted by molar-refractivity contribution is 4.99. The van der Waals surface area contributed by atoms with Crippen LogP contribution in [-0.2, 0) is 0 Å². The van der Waals surface area contributed by atoms with Gasteiger partial charge in [-0.05, 0) is 25.2 Å². The fourth-order valence-corrected chi connectivity index (χ4v) is 2.90. The summed E-state index contributed by atoms with van der Waals surface area (Å²) in [4.78, 5) is 2.44. The number of hydrogen-bond donors (Lipinski definition) is 0. The molecule has 2 aliphatic rings. The predicted octanol–water partition coefficient (Wildman–Crippen LogP) is 2.02. The quantitative estimate of drug-likeness (QED) is 0.647. The molecule has 1 aliphatic carbocycles. The van der Waals surface area contributed by atoms with Gasteiger partial charge in [0.1, 0.15) is 0 Å². The number of nitrogens with zero attached hydrogens (tertiary/aromatic N) is 2. The van der Waals surface area contributed by atoms with Gasteiger partial charge in [0.25, 0.3) is 0 Å². The van der Waals surface area contributed by atoms with Crippen LogP contribution < -0.4 is 0 Å². The van der Waals surface area contributed by atoms with Gasteiger partial charge in [0.2, 0.25) is 0 Å². The molecule has 0 aromatic heterocycles. The Balaban J connectivity index is 1.75. The summed E-state index contributed by atoms with van der Waals surface area (Å²) in [6, 6.07) is 2.30. The molecule has 13 heavy (non-hydrogen) atoms. The Kier molecular flexibility index (Phi) is 2.29. The first kappa shape index (κ1) is 9.02. The van der Waals surface area contributed by atoms with Crippen LogP contribution in [0.5, 0.6) is 0 Å². The Hall–Kier alpha value is -0.550. The van der Waals surface area contributed by atoms with Crippen LogP contribution in [-0.4, -0.2) is 24.5 Å². The summed E-state index contributed by atoms with van der Waals surface area (Å²) in [6.45, 7) is 5.52. The largest absolute Gasteiger partial charge is 0.301 e. The molecule has 0 aromatic carbocycles. The van der Waals surface area contributed by atoms with Gasteiger partial charge >= 0.3 is 0 Å². The zero-order chi connectivity index (χ0) is 9.31. The SMILES string of the molecule is CC(C#N)CN1CC2(CCCC2)C1. The van der Waals surface area contributed by atoms with E-state index in [1.165, 1.54) is 38.8 Å². The highest BCUT2D eigenvalue weighted by Gasteiger charge is 2.44. The molecule has 0 aromatic rings. The van der Waals surface area contributed by atoms with Gasteiger partial charge in [0.15, 0.2) is 0 Å². The van der Waals surface area contributed by atoms with Crippen LogP contribution in [0.1, 0.15) is 32.6 Å². The van der Waals surface area contributed by atoms with Crippen LogP contribution in [0.3, 0.4) is 0 Å². The lowest BCUT2D eigenvalue weighted by Gasteiger charge is -2.48. The normalized spacial score (nSPS) is 28.3. The van der Waals surface area contributed by atoms with Crippen molar-refractivity contribution in [3.63, 3.8) is 0 Å². The molecule has 0 bridgehead atoms. The van der Waals surface area contributed by atoms with Gasteiger partial charge in [0.05, 0.1) is 12.0 Å². The van der Waals surface area contributed by atoms with Crippen LogP contribution >= 0.6 is 0 Å². The van der Waals surface area contributed by atoms with E-state index in [4.69, 9.17) is 5.26 Å². The van der Waals surface area contributed by atoms with Crippen LogP contribution in [0.4, 0.5) is 0 Å². The Bertz CT molecular complexity index is 215. The Labute approximate surface area is 80.5 Å². The van der Waals surface area contributed by atoms with Gasteiger partial charge in [-0.3, -0.25) is 0 Å². The van der Waals surface area contributed by atoms with Crippen molar-refractivity contribution in [3.05, 3.63) is 0 Å². The fraction of sp³-hybridized carbons (Fsp3) is 0.909. The van der Waals surface area contributed by atoms with E-state index in [9.17, 15) is 0 Å². The topological polar surface area (TPSA) is 27.0 Å². The maximum Gasteiger partial charge on any atom is 0.0666 e. The Morgan fingerprint density at radius 3 is 2.54 bits per heavy atom. The van der Waals surface area contributed by atoms with E-state index in [-0.39, 0.29) is 5.92 Å². The zero-order valence-electron chi connectivity index (χ0n) is 8.42. The van der Waals surface area contributed by atoms with Crippen molar-refractivity contribution in [1.82, 2.24) is 4.90 Å². The third kappa shape index (κ3) is 1.71. The summed E-state index contributed by atoms with van der Waals surface area (Å²) in [6.07, 6.45) is 5.73. The molecular weight excluding hydrogens is 160 g/mol. The summed E-state index contributed by atoms with van der Waals surface area (Å²) in [7, 11) is 0. The molecule has 0 N–H and O–H groups in total. The summed E-state index contributed by atoms with van der Waals surface area (Å²) < 4.78 is 0. The summed E-state index contributed by atoms with van der Waals surface area (Å²) in [5, 5.41) is 8.68. The molecule has 0 radical (unpaired) electrons. The van der Waals surface area contributed by atoms with E-state index in [1.807, 2.05) is 6.92 Å². The van der Waals surface area contributed by atoms with Gasteiger partial charge in [-0.2, -0.15) is 5.26 Å². The van der Waals surface area contributed by atoms with Crippen LogP contribution in [0.15, 0.2) is 0 Å². The lowest BCUT2D eigenvalue weighted by Crippen LogP contribution is -2.55. The second kappa shape index (κ2) is 3.31. The molecule has 1 saturated carbocycles. The molecule has 72 valence electrons. The second-order valence-electron chi connectivity index (χ2n) is 4.91. The van der Waals surface area contributed by atoms with Crippen molar-refractivity contribution in [2.45, 2.75) is 32.6 Å². The smallest absolute Gasteiger partial charge is 0.0666 e. The zero-order valence-corrected chi connectivity index (χ0v) is 8.42. The lowest BCUT2D eigenvalue weighted by molar-refractivity contribution is 0.00116. The minimum absolute atomic E-state index is 0.207. The maximum absolute atomic E-state index is 8.68. The molecule has 2 fully saturated rings. The maximum atomic E-state index is 8.68. The van der Waals surface area contributed by atoms with Crippen molar-refractivity contribution in [2.75, 3.05) is 19.6 Å². The van der Waals surface area contributed by atoms with Gasteiger partial charge in [-0.25, -0.2) is 0 Å². The number of likely N-dealkylation sites (tertiary alicyclic amines) is 1. The summed E-state index contributed by atoms with van der Waals surface area (Å²) >= 11 is 0. The first-order valence-electron chi connectivity index (χ1n) is 5.36. The minimum atomic E-state index is 0.207. The molecule has 1 unspecified atom stereocenters. The van der Waals surface area contributed by atoms with Gasteiger partial charge in [-0.15, -0.1) is 0 Å². The van der Waals surface area contributed by atoms with Crippen LogP contribution in [0, 0.1) is 22.7 Å². The van der Waals surface area contributed by atoms with Crippen molar-refractivity contribution in [1.29, 1.82) is 5.26 Å². The molecular formula is C11H18N2. The molecule has 1 saturated heterocycles. The molecule has 0 amide bonds. The van der Waals surface area contributed by atoms with Crippen LogP contribution in [0.2, 0.25) is 0 Å². The van der Waals surface area contributed by atoms with Crippen molar-refractivity contribution in [3.8, 4) is 6.07 Å². The van der Waals surface area contributed by atoms with Crippen molar-refractivity contribution >= 4 is 0 Å². The minimum Gasteiger partial charge on any atom is -0.301 e. The molecule has 1 atom stereocenters. The molecule has 2 nitrogen and oxygen atoms in total. The lowest BCUT2D eigenvalue weighted by atomic mass is 9.78. The van der Waals surface area contributed by atoms with E-state index in [2.05, 4.69) is 11.0 Å². The predicted molar refractivity (Wildman–Crippen MR) is 52.1 cm³/mol. The van der Waals surface area contributed by atoms with E-state index in [0.29, 0.717) is 5.41 Å². The van der Waals surface area contributed by atoms with E-state index in [0.717, 1.165) is 6.54 Å². The highest BCUT2D eigenvalue weighted by Crippen LogP contribution is 2.45. The van der Waals surface area contributed by atoms with Crippen LogP contribution in [0.25, 0.3) is 0 Å². The van der Waals surface area contributed by atoms with E-state index >= 15 is 0 Å². The Morgan fingerprint density at radius 2 is 2.00 bits per heavy atom. The van der Waals surface area contributed by atoms with Gasteiger partial charge in [0, 0.05) is 19.6 Å². The van der Waals surface area contributed by atoms with E-state index in [1.54, 1.807) is 0 Å². The van der Waals surface area contributed by atoms with Crippen molar-refractivity contribution in [2.24, 2.45) is 11.3 Å². The summed E-state index contributed by atoms with van der Waals surface area (Å²) in [5.74, 6) is 0.207. The highest BCUT2D eigenvalue weighted by atomic mass is 15.2. The van der Waals surface area contributed by atoms with Crippen molar-refractivity contribution < 1.29 is 0 Å². The van der Waals surface area contributed by atoms with E-state index < -0.39 is 0 Å². The standard InChI is InChI=1S/C11H18N2/c1-10(6-12)7-13-8-11(9-13)4-2-3-5-11/h10H,2-5,7-9H2,1H3. The Morgan fingerprint density at radius 1 is 1.38 bits per heavy atom. The average molecular weight is 178 g/mol. The third-order valence-electron chi connectivity index (χ3n) is 3.53. The number of rotatable bonds is 2. The molecule has 1 spiro atoms. The number of nitriles is 1. The summed E-state index contributed by atoms with van der Waals surface area (Å²) in [5.41, 5.74) is 0.690. The number of hydrogen-bond acceptors (Lipinski definition) is 2. The second-order valence-corrected chi connectivity index (χ2v) is 4.91. The first-order chi connectivity index (χ1) is 6.24. The van der Waals surface area contributed by atoms with Gasteiger partial charge < -0.3 is 4.90 Å².